The third-order valence-electron chi connectivity index (χ3n) is 4.22. The Bertz CT molecular complexity index is 530. The summed E-state index contributed by atoms with van der Waals surface area (Å²) in [6.07, 6.45) is 2.97. The number of aryl methyl sites for hydroxylation is 1. The number of carbonyl (C=O) groups is 1. The highest BCUT2D eigenvalue weighted by Gasteiger charge is 2.34. The van der Waals surface area contributed by atoms with Crippen LogP contribution >= 0.6 is 0 Å². The molecule has 0 aromatic heterocycles. The van der Waals surface area contributed by atoms with Crippen molar-refractivity contribution in [2.45, 2.75) is 71.6 Å². The minimum atomic E-state index is -0.428. The maximum atomic E-state index is 12.3. The fraction of sp³-hybridized carbons (Fsp3) is 0.650. The van der Waals surface area contributed by atoms with Gasteiger partial charge in [-0.1, -0.05) is 29.8 Å². The van der Waals surface area contributed by atoms with Crippen molar-refractivity contribution in [3.63, 3.8) is 0 Å². The van der Waals surface area contributed by atoms with E-state index in [0.29, 0.717) is 12.1 Å². The third kappa shape index (κ3) is 6.16. The number of nitrogens with zero attached hydrogens (tertiary/aromatic N) is 1. The first-order chi connectivity index (χ1) is 11.3. The maximum Gasteiger partial charge on any atom is 0.410 e. The van der Waals surface area contributed by atoms with Gasteiger partial charge >= 0.3 is 6.09 Å². The van der Waals surface area contributed by atoms with E-state index >= 15 is 0 Å². The average molecular weight is 332 g/mol. The zero-order valence-corrected chi connectivity index (χ0v) is 15.8. The van der Waals surface area contributed by atoms with E-state index in [1.807, 2.05) is 25.7 Å². The maximum absolute atomic E-state index is 12.3. The minimum Gasteiger partial charge on any atom is -0.444 e. The quantitative estimate of drug-likeness (QED) is 0.751. The first kappa shape index (κ1) is 18.8. The molecule has 1 aliphatic carbocycles. The molecule has 0 saturated heterocycles. The van der Waals surface area contributed by atoms with Gasteiger partial charge in [0.25, 0.3) is 0 Å². The van der Waals surface area contributed by atoms with Crippen LogP contribution in [-0.4, -0.2) is 35.7 Å². The van der Waals surface area contributed by atoms with Crippen LogP contribution in [-0.2, 0) is 4.74 Å². The molecule has 0 radical (unpaired) electrons. The Hall–Kier alpha value is -1.55. The molecule has 1 aliphatic rings. The first-order valence-corrected chi connectivity index (χ1v) is 9.06. The summed E-state index contributed by atoms with van der Waals surface area (Å²) in [6, 6.07) is 9.33. The number of hydrogen-bond donors (Lipinski definition) is 1. The summed E-state index contributed by atoms with van der Waals surface area (Å²) in [4.78, 5) is 14.2. The fourth-order valence-corrected chi connectivity index (χ4v) is 2.67. The number of carbonyl (C=O) groups excluding carboxylic acids is 1. The number of nitrogens with one attached hydrogen (secondary N) is 1. The molecule has 0 heterocycles. The van der Waals surface area contributed by atoms with Crippen molar-refractivity contribution in [3.8, 4) is 0 Å². The van der Waals surface area contributed by atoms with Gasteiger partial charge in [-0.3, -0.25) is 0 Å². The lowest BCUT2D eigenvalue weighted by Crippen LogP contribution is -2.39. The lowest BCUT2D eigenvalue weighted by Gasteiger charge is -2.27. The topological polar surface area (TPSA) is 41.6 Å². The predicted molar refractivity (Wildman–Crippen MR) is 98.2 cm³/mol. The van der Waals surface area contributed by atoms with Crippen molar-refractivity contribution in [1.29, 1.82) is 0 Å². The summed E-state index contributed by atoms with van der Waals surface area (Å²) in [5, 5.41) is 3.54. The zero-order chi connectivity index (χ0) is 17.7. The van der Waals surface area contributed by atoms with Gasteiger partial charge in [-0.2, -0.15) is 0 Å². The number of amides is 1. The second kappa shape index (κ2) is 8.02. The van der Waals surface area contributed by atoms with Crippen LogP contribution in [0.2, 0.25) is 0 Å². The van der Waals surface area contributed by atoms with Crippen molar-refractivity contribution >= 4 is 6.09 Å². The third-order valence-corrected chi connectivity index (χ3v) is 4.22. The van der Waals surface area contributed by atoms with Crippen LogP contribution in [0.3, 0.4) is 0 Å². The van der Waals surface area contributed by atoms with Crippen molar-refractivity contribution in [2.24, 2.45) is 0 Å². The van der Waals surface area contributed by atoms with E-state index in [1.54, 1.807) is 0 Å². The van der Waals surface area contributed by atoms with Crippen LogP contribution in [0.5, 0.6) is 0 Å². The van der Waals surface area contributed by atoms with Crippen LogP contribution < -0.4 is 5.32 Å². The minimum absolute atomic E-state index is 0.170. The van der Waals surface area contributed by atoms with E-state index in [1.165, 1.54) is 11.1 Å². The lowest BCUT2D eigenvalue weighted by atomic mass is 10.1. The Kier molecular flexibility index (Phi) is 6.27. The van der Waals surface area contributed by atoms with Crippen LogP contribution in [0.25, 0.3) is 0 Å². The first-order valence-electron chi connectivity index (χ1n) is 9.06. The van der Waals surface area contributed by atoms with Gasteiger partial charge in [0, 0.05) is 18.6 Å². The summed E-state index contributed by atoms with van der Waals surface area (Å²) < 4.78 is 5.53. The highest BCUT2D eigenvalue weighted by molar-refractivity contribution is 5.69. The number of rotatable bonds is 7. The molecule has 1 amide bonds. The second-order valence-electron chi connectivity index (χ2n) is 7.84. The van der Waals surface area contributed by atoms with Crippen molar-refractivity contribution < 1.29 is 9.53 Å². The van der Waals surface area contributed by atoms with Gasteiger partial charge < -0.3 is 15.0 Å². The standard InChI is InChI=1S/C20H32N2O2/c1-15-7-9-17(10-8-15)16(2)21-13-6-14-22(18-11-12-18)19(23)24-20(3,4)5/h7-10,16,18,21H,6,11-14H2,1-5H3. The van der Waals surface area contributed by atoms with Gasteiger partial charge in [-0.05, 0) is 66.0 Å². The molecule has 1 saturated carbocycles. The van der Waals surface area contributed by atoms with Crippen molar-refractivity contribution in [1.82, 2.24) is 10.2 Å². The predicted octanol–water partition coefficient (Wildman–Crippen LogP) is 4.44. The monoisotopic (exact) mass is 332 g/mol. The molecule has 134 valence electrons. The van der Waals surface area contributed by atoms with E-state index in [4.69, 9.17) is 4.74 Å². The van der Waals surface area contributed by atoms with E-state index in [0.717, 1.165) is 32.4 Å². The number of benzene rings is 1. The molecule has 1 fully saturated rings. The van der Waals surface area contributed by atoms with Crippen LogP contribution in [0.4, 0.5) is 4.79 Å². The Balaban J connectivity index is 1.75. The van der Waals surface area contributed by atoms with Gasteiger partial charge in [0.1, 0.15) is 5.60 Å². The van der Waals surface area contributed by atoms with Gasteiger partial charge in [0.2, 0.25) is 0 Å². The second-order valence-corrected chi connectivity index (χ2v) is 7.84. The smallest absolute Gasteiger partial charge is 0.410 e. The van der Waals surface area contributed by atoms with Gasteiger partial charge in [0.15, 0.2) is 0 Å². The van der Waals surface area contributed by atoms with E-state index < -0.39 is 5.60 Å². The highest BCUT2D eigenvalue weighted by atomic mass is 16.6. The number of ether oxygens (including phenoxy) is 1. The average Bonchev–Trinajstić information content (AvgIpc) is 3.30. The van der Waals surface area contributed by atoms with E-state index in [2.05, 4.69) is 43.4 Å². The Labute approximate surface area is 146 Å². The molecule has 1 aromatic rings. The van der Waals surface area contributed by atoms with E-state index in [-0.39, 0.29) is 6.09 Å². The van der Waals surface area contributed by atoms with Gasteiger partial charge in [-0.15, -0.1) is 0 Å². The Morgan fingerprint density at radius 3 is 2.46 bits per heavy atom. The molecule has 1 unspecified atom stereocenters. The summed E-state index contributed by atoms with van der Waals surface area (Å²) in [5.41, 5.74) is 2.15. The molecule has 24 heavy (non-hydrogen) atoms. The Morgan fingerprint density at radius 1 is 1.29 bits per heavy atom. The molecule has 0 spiro atoms. The molecule has 4 heteroatoms. The SMILES string of the molecule is Cc1ccc(C(C)NCCCN(C(=O)OC(C)(C)C)C2CC2)cc1. The van der Waals surface area contributed by atoms with Crippen molar-refractivity contribution in [3.05, 3.63) is 35.4 Å². The molecule has 2 rings (SSSR count). The highest BCUT2D eigenvalue weighted by Crippen LogP contribution is 2.28. The van der Waals surface area contributed by atoms with Crippen molar-refractivity contribution in [2.75, 3.05) is 13.1 Å². The summed E-state index contributed by atoms with van der Waals surface area (Å²) in [7, 11) is 0. The molecule has 0 aliphatic heterocycles. The number of hydrogen-bond acceptors (Lipinski definition) is 3. The molecular weight excluding hydrogens is 300 g/mol. The molecule has 1 N–H and O–H groups in total. The molecule has 0 bridgehead atoms. The van der Waals surface area contributed by atoms with Crippen LogP contribution in [0, 0.1) is 6.92 Å². The molecule has 4 nitrogen and oxygen atoms in total. The van der Waals surface area contributed by atoms with Crippen LogP contribution in [0.1, 0.15) is 64.1 Å². The summed E-state index contributed by atoms with van der Waals surface area (Å²) >= 11 is 0. The van der Waals surface area contributed by atoms with E-state index in [9.17, 15) is 4.79 Å². The fourth-order valence-electron chi connectivity index (χ4n) is 2.67. The normalized spacial score (nSPS) is 15.9. The Morgan fingerprint density at radius 2 is 1.92 bits per heavy atom. The zero-order valence-electron chi connectivity index (χ0n) is 15.8. The summed E-state index contributed by atoms with van der Waals surface area (Å²) in [6.45, 7) is 11.7. The molecule has 1 aromatic carbocycles. The largest absolute Gasteiger partial charge is 0.444 e. The van der Waals surface area contributed by atoms with Gasteiger partial charge in [0.05, 0.1) is 0 Å². The molecule has 1 atom stereocenters. The molecular formula is C20H32N2O2. The van der Waals surface area contributed by atoms with Gasteiger partial charge in [-0.25, -0.2) is 4.79 Å². The summed E-state index contributed by atoms with van der Waals surface area (Å²) in [5.74, 6) is 0. The lowest BCUT2D eigenvalue weighted by molar-refractivity contribution is 0.0232. The van der Waals surface area contributed by atoms with Crippen LogP contribution in [0.15, 0.2) is 24.3 Å².